The average Bonchev–Trinajstić information content (AvgIpc) is 2.04. The maximum atomic E-state index is 10.9. The molecule has 0 aliphatic rings. The quantitative estimate of drug-likeness (QED) is 0.677. The summed E-state index contributed by atoms with van der Waals surface area (Å²) in [6, 6.07) is 0.990. The van der Waals surface area contributed by atoms with Crippen molar-refractivity contribution in [2.75, 3.05) is 6.54 Å². The SMILES string of the molecule is CC(=O)N(CCC#N)C(C)C(=O)O. The average molecular weight is 184 g/mol. The smallest absolute Gasteiger partial charge is 0.326 e. The van der Waals surface area contributed by atoms with E-state index in [1.807, 2.05) is 6.07 Å². The topological polar surface area (TPSA) is 81.4 Å². The minimum absolute atomic E-state index is 0.150. The summed E-state index contributed by atoms with van der Waals surface area (Å²) in [6.45, 7) is 2.87. The normalized spacial score (nSPS) is 11.5. The van der Waals surface area contributed by atoms with Crippen LogP contribution in [0.1, 0.15) is 20.3 Å². The lowest BCUT2D eigenvalue weighted by atomic mass is 10.2. The van der Waals surface area contributed by atoms with Gasteiger partial charge in [-0.2, -0.15) is 5.26 Å². The van der Waals surface area contributed by atoms with E-state index >= 15 is 0 Å². The zero-order valence-corrected chi connectivity index (χ0v) is 7.65. The molecule has 0 spiro atoms. The number of carbonyl (C=O) groups excluding carboxylic acids is 1. The predicted octanol–water partition coefficient (Wildman–Crippen LogP) is 0.222. The van der Waals surface area contributed by atoms with Crippen LogP contribution in [-0.2, 0) is 9.59 Å². The van der Waals surface area contributed by atoms with E-state index in [0.29, 0.717) is 0 Å². The summed E-state index contributed by atoms with van der Waals surface area (Å²) < 4.78 is 0. The Labute approximate surface area is 76.6 Å². The molecule has 0 radical (unpaired) electrons. The number of hydrogen-bond donors (Lipinski definition) is 1. The predicted molar refractivity (Wildman–Crippen MR) is 44.7 cm³/mol. The van der Waals surface area contributed by atoms with Gasteiger partial charge in [0.2, 0.25) is 5.91 Å². The fourth-order valence-corrected chi connectivity index (χ4v) is 0.928. The number of amides is 1. The standard InChI is InChI=1S/C8H12N2O3/c1-6(8(12)13)10(7(2)11)5-3-4-9/h6H,3,5H2,1-2H3,(H,12,13). The Hall–Kier alpha value is -1.57. The molecular formula is C8H12N2O3. The summed E-state index contributed by atoms with van der Waals surface area (Å²) in [6.07, 6.45) is 0.150. The van der Waals surface area contributed by atoms with Crippen LogP contribution in [-0.4, -0.2) is 34.5 Å². The molecule has 0 saturated carbocycles. The third-order valence-electron chi connectivity index (χ3n) is 1.69. The highest BCUT2D eigenvalue weighted by Crippen LogP contribution is 2.01. The minimum Gasteiger partial charge on any atom is -0.480 e. The van der Waals surface area contributed by atoms with Crippen molar-refractivity contribution in [3.8, 4) is 6.07 Å². The third kappa shape index (κ3) is 3.56. The molecule has 1 atom stereocenters. The van der Waals surface area contributed by atoms with Gasteiger partial charge in [0.05, 0.1) is 12.5 Å². The Balaban J connectivity index is 4.34. The van der Waals surface area contributed by atoms with Gasteiger partial charge in [-0.1, -0.05) is 0 Å². The largest absolute Gasteiger partial charge is 0.480 e. The Morgan fingerprint density at radius 3 is 2.46 bits per heavy atom. The maximum absolute atomic E-state index is 10.9. The number of carboxylic acid groups (broad SMARTS) is 1. The summed E-state index contributed by atoms with van der Waals surface area (Å²) in [4.78, 5) is 22.6. The van der Waals surface area contributed by atoms with E-state index < -0.39 is 12.0 Å². The maximum Gasteiger partial charge on any atom is 0.326 e. The number of carboxylic acids is 1. The van der Waals surface area contributed by atoms with Gasteiger partial charge in [0, 0.05) is 13.5 Å². The number of hydrogen-bond acceptors (Lipinski definition) is 3. The molecule has 0 rings (SSSR count). The molecule has 0 aromatic rings. The van der Waals surface area contributed by atoms with Gasteiger partial charge in [-0.25, -0.2) is 4.79 Å². The molecule has 1 unspecified atom stereocenters. The fourth-order valence-electron chi connectivity index (χ4n) is 0.928. The Morgan fingerprint density at radius 2 is 2.15 bits per heavy atom. The number of aliphatic carboxylic acids is 1. The van der Waals surface area contributed by atoms with Crippen LogP contribution in [0.2, 0.25) is 0 Å². The molecule has 1 N–H and O–H groups in total. The molecule has 0 aromatic carbocycles. The number of rotatable bonds is 4. The second kappa shape index (κ2) is 5.14. The Morgan fingerprint density at radius 1 is 1.62 bits per heavy atom. The Kier molecular flexibility index (Phi) is 4.52. The van der Waals surface area contributed by atoms with E-state index in [2.05, 4.69) is 0 Å². The second-order valence-electron chi connectivity index (χ2n) is 2.63. The van der Waals surface area contributed by atoms with Crippen molar-refractivity contribution in [2.24, 2.45) is 0 Å². The highest BCUT2D eigenvalue weighted by atomic mass is 16.4. The van der Waals surface area contributed by atoms with Crippen molar-refractivity contribution in [2.45, 2.75) is 26.3 Å². The van der Waals surface area contributed by atoms with E-state index in [0.717, 1.165) is 4.90 Å². The fraction of sp³-hybridized carbons (Fsp3) is 0.625. The molecule has 5 nitrogen and oxygen atoms in total. The van der Waals surface area contributed by atoms with Crippen molar-refractivity contribution in [1.82, 2.24) is 4.90 Å². The van der Waals surface area contributed by atoms with E-state index in [9.17, 15) is 9.59 Å². The molecule has 1 amide bonds. The van der Waals surface area contributed by atoms with Crippen molar-refractivity contribution in [3.63, 3.8) is 0 Å². The van der Waals surface area contributed by atoms with Crippen molar-refractivity contribution in [3.05, 3.63) is 0 Å². The van der Waals surface area contributed by atoms with Gasteiger partial charge in [0.25, 0.3) is 0 Å². The third-order valence-corrected chi connectivity index (χ3v) is 1.69. The van der Waals surface area contributed by atoms with E-state index in [4.69, 9.17) is 10.4 Å². The van der Waals surface area contributed by atoms with Crippen LogP contribution in [0.3, 0.4) is 0 Å². The van der Waals surface area contributed by atoms with Gasteiger partial charge >= 0.3 is 5.97 Å². The number of nitriles is 1. The minimum atomic E-state index is -1.06. The zero-order chi connectivity index (χ0) is 10.4. The lowest BCUT2D eigenvalue weighted by Crippen LogP contribution is -2.42. The molecule has 0 heterocycles. The van der Waals surface area contributed by atoms with Crippen LogP contribution in [0.25, 0.3) is 0 Å². The summed E-state index contributed by atoms with van der Waals surface area (Å²) >= 11 is 0. The van der Waals surface area contributed by atoms with Crippen molar-refractivity contribution in [1.29, 1.82) is 5.26 Å². The van der Waals surface area contributed by atoms with Gasteiger partial charge in [-0.3, -0.25) is 4.79 Å². The molecular weight excluding hydrogens is 172 g/mol. The molecule has 0 aliphatic heterocycles. The second-order valence-corrected chi connectivity index (χ2v) is 2.63. The summed E-state index contributed by atoms with van der Waals surface area (Å²) in [5, 5.41) is 16.9. The molecule has 5 heteroatoms. The van der Waals surface area contributed by atoms with E-state index in [-0.39, 0.29) is 18.9 Å². The van der Waals surface area contributed by atoms with Crippen LogP contribution < -0.4 is 0 Å². The molecule has 0 aliphatic carbocycles. The monoisotopic (exact) mass is 184 g/mol. The van der Waals surface area contributed by atoms with Crippen LogP contribution in [0.15, 0.2) is 0 Å². The lowest BCUT2D eigenvalue weighted by Gasteiger charge is -2.23. The van der Waals surface area contributed by atoms with Crippen LogP contribution in [0, 0.1) is 11.3 Å². The molecule has 0 saturated heterocycles. The van der Waals surface area contributed by atoms with Gasteiger partial charge in [0.15, 0.2) is 0 Å². The molecule has 72 valence electrons. The first-order valence-corrected chi connectivity index (χ1v) is 3.87. The zero-order valence-electron chi connectivity index (χ0n) is 7.65. The number of nitrogens with zero attached hydrogens (tertiary/aromatic N) is 2. The summed E-state index contributed by atoms with van der Waals surface area (Å²) in [7, 11) is 0. The first kappa shape index (κ1) is 11.4. The Bertz CT molecular complexity index is 244. The first-order valence-electron chi connectivity index (χ1n) is 3.87. The highest BCUT2D eigenvalue weighted by molar-refractivity contribution is 5.81. The summed E-state index contributed by atoms with van der Waals surface area (Å²) in [5.74, 6) is -1.39. The van der Waals surface area contributed by atoms with Gasteiger partial charge in [-0.15, -0.1) is 0 Å². The molecule has 0 bridgehead atoms. The van der Waals surface area contributed by atoms with Crippen LogP contribution >= 0.6 is 0 Å². The highest BCUT2D eigenvalue weighted by Gasteiger charge is 2.21. The van der Waals surface area contributed by atoms with Crippen LogP contribution in [0.5, 0.6) is 0 Å². The van der Waals surface area contributed by atoms with Gasteiger partial charge < -0.3 is 10.0 Å². The van der Waals surface area contributed by atoms with Gasteiger partial charge in [-0.05, 0) is 6.92 Å². The van der Waals surface area contributed by atoms with Crippen molar-refractivity contribution < 1.29 is 14.7 Å². The van der Waals surface area contributed by atoms with Crippen LogP contribution in [0.4, 0.5) is 0 Å². The van der Waals surface area contributed by atoms with Crippen molar-refractivity contribution >= 4 is 11.9 Å². The van der Waals surface area contributed by atoms with E-state index in [1.54, 1.807) is 0 Å². The molecule has 0 aromatic heterocycles. The van der Waals surface area contributed by atoms with Gasteiger partial charge in [0.1, 0.15) is 6.04 Å². The van der Waals surface area contributed by atoms with E-state index in [1.165, 1.54) is 13.8 Å². The number of carbonyl (C=O) groups is 2. The molecule has 0 fully saturated rings. The summed E-state index contributed by atoms with van der Waals surface area (Å²) in [5.41, 5.74) is 0. The first-order chi connectivity index (χ1) is 6.00. The lowest BCUT2D eigenvalue weighted by molar-refractivity contribution is -0.148. The molecule has 13 heavy (non-hydrogen) atoms.